The van der Waals surface area contributed by atoms with Crippen LogP contribution in [0.25, 0.3) is 12.2 Å². The second-order valence-electron chi connectivity index (χ2n) is 7.59. The maximum atomic E-state index is 12.2. The zero-order valence-electron chi connectivity index (χ0n) is 18.5. The molecular formula is C25H25F2N5O2. The van der Waals surface area contributed by atoms with E-state index in [1.165, 1.54) is 17.7 Å². The Hall–Kier alpha value is -4.01. The molecule has 34 heavy (non-hydrogen) atoms. The monoisotopic (exact) mass is 465 g/mol. The number of para-hydroxylation sites is 1. The van der Waals surface area contributed by atoms with E-state index in [2.05, 4.69) is 37.5 Å². The van der Waals surface area contributed by atoms with Crippen LogP contribution in [0.4, 0.5) is 14.5 Å². The number of oxazole rings is 1. The quantitative estimate of drug-likeness (QED) is 0.272. The van der Waals surface area contributed by atoms with Crippen molar-refractivity contribution in [3.8, 4) is 5.75 Å². The van der Waals surface area contributed by atoms with E-state index >= 15 is 0 Å². The zero-order chi connectivity index (χ0) is 23.6. The third-order valence-electron chi connectivity index (χ3n) is 5.13. The number of aryl methyl sites for hydroxylation is 2. The highest BCUT2D eigenvalue weighted by Gasteiger charge is 2.06. The molecule has 0 bridgehead atoms. The van der Waals surface area contributed by atoms with Crippen LogP contribution in [0, 0.1) is 0 Å². The summed E-state index contributed by atoms with van der Waals surface area (Å²) in [7, 11) is 0. The summed E-state index contributed by atoms with van der Waals surface area (Å²) in [6, 6.07) is 14.6. The summed E-state index contributed by atoms with van der Waals surface area (Å²) in [4.78, 5) is 4.48. The van der Waals surface area contributed by atoms with Crippen LogP contribution in [0.5, 0.6) is 5.75 Å². The molecule has 0 saturated carbocycles. The van der Waals surface area contributed by atoms with Gasteiger partial charge in [-0.25, -0.2) is 4.98 Å². The Morgan fingerprint density at radius 3 is 2.71 bits per heavy atom. The number of alkyl halides is 2. The molecule has 2 aromatic carbocycles. The molecular weight excluding hydrogens is 440 g/mol. The Bertz CT molecular complexity index is 1170. The summed E-state index contributed by atoms with van der Waals surface area (Å²) in [6.45, 7) is -1.44. The number of hydrogen-bond donors (Lipinski definition) is 1. The number of rotatable bonds is 12. The molecule has 0 unspecified atom stereocenters. The van der Waals surface area contributed by atoms with Crippen molar-refractivity contribution in [1.82, 2.24) is 20.0 Å². The number of ether oxygens (including phenoxy) is 1. The molecule has 1 N–H and O–H groups in total. The van der Waals surface area contributed by atoms with Crippen LogP contribution in [-0.2, 0) is 19.5 Å². The van der Waals surface area contributed by atoms with Crippen molar-refractivity contribution < 1.29 is 17.9 Å². The third-order valence-corrected chi connectivity index (χ3v) is 5.13. The SMILES string of the molecule is FC(F)Oc1ccc(C=Cc2nc(CNc3ccccc3CCCCn3ccnn3)co2)cc1. The summed E-state index contributed by atoms with van der Waals surface area (Å²) in [6.07, 6.45) is 11.7. The van der Waals surface area contributed by atoms with Crippen molar-refractivity contribution in [3.05, 3.63) is 89.9 Å². The highest BCUT2D eigenvalue weighted by atomic mass is 19.3. The lowest BCUT2D eigenvalue weighted by Gasteiger charge is -2.11. The van der Waals surface area contributed by atoms with Gasteiger partial charge in [-0.05, 0) is 54.7 Å². The summed E-state index contributed by atoms with van der Waals surface area (Å²) in [5.74, 6) is 0.582. The predicted octanol–water partition coefficient (Wildman–Crippen LogP) is 5.67. The highest BCUT2D eigenvalue weighted by molar-refractivity contribution is 5.66. The fourth-order valence-electron chi connectivity index (χ4n) is 3.45. The van der Waals surface area contributed by atoms with Gasteiger partial charge in [-0.2, -0.15) is 8.78 Å². The minimum absolute atomic E-state index is 0.118. The van der Waals surface area contributed by atoms with Crippen LogP contribution in [0.15, 0.2) is 71.6 Å². The largest absolute Gasteiger partial charge is 0.445 e. The fraction of sp³-hybridized carbons (Fsp3) is 0.240. The molecule has 7 nitrogen and oxygen atoms in total. The smallest absolute Gasteiger partial charge is 0.387 e. The molecule has 2 heterocycles. The van der Waals surface area contributed by atoms with E-state index in [9.17, 15) is 8.78 Å². The molecule has 176 valence electrons. The van der Waals surface area contributed by atoms with Crippen LogP contribution >= 0.6 is 0 Å². The molecule has 0 saturated heterocycles. The van der Waals surface area contributed by atoms with Gasteiger partial charge in [0, 0.05) is 24.5 Å². The number of aromatic nitrogens is 4. The Morgan fingerprint density at radius 1 is 1.06 bits per heavy atom. The Morgan fingerprint density at radius 2 is 1.91 bits per heavy atom. The second kappa shape index (κ2) is 11.7. The second-order valence-corrected chi connectivity index (χ2v) is 7.59. The van der Waals surface area contributed by atoms with Crippen molar-refractivity contribution >= 4 is 17.8 Å². The maximum absolute atomic E-state index is 12.2. The van der Waals surface area contributed by atoms with Crippen molar-refractivity contribution in [2.24, 2.45) is 0 Å². The summed E-state index contributed by atoms with van der Waals surface area (Å²) in [5.41, 5.74) is 3.93. The molecule has 0 aliphatic rings. The molecule has 0 fully saturated rings. The first-order chi connectivity index (χ1) is 16.7. The van der Waals surface area contributed by atoms with Gasteiger partial charge in [-0.1, -0.05) is 35.5 Å². The number of nitrogens with one attached hydrogen (secondary N) is 1. The molecule has 0 radical (unpaired) electrons. The molecule has 4 rings (SSSR count). The van der Waals surface area contributed by atoms with Gasteiger partial charge in [0.2, 0.25) is 5.89 Å². The first-order valence-electron chi connectivity index (χ1n) is 11.0. The van der Waals surface area contributed by atoms with E-state index in [0.29, 0.717) is 12.4 Å². The van der Waals surface area contributed by atoms with Crippen LogP contribution < -0.4 is 10.1 Å². The lowest BCUT2D eigenvalue weighted by Crippen LogP contribution is -2.04. The average molecular weight is 466 g/mol. The summed E-state index contributed by atoms with van der Waals surface area (Å²) >= 11 is 0. The summed E-state index contributed by atoms with van der Waals surface area (Å²) in [5, 5.41) is 11.3. The van der Waals surface area contributed by atoms with E-state index < -0.39 is 6.61 Å². The number of unbranched alkanes of at least 4 members (excludes halogenated alkanes) is 1. The number of hydrogen-bond acceptors (Lipinski definition) is 6. The molecule has 0 atom stereocenters. The number of nitrogens with zero attached hydrogens (tertiary/aromatic N) is 4. The topological polar surface area (TPSA) is 78.0 Å². The van der Waals surface area contributed by atoms with E-state index in [0.717, 1.165) is 42.8 Å². The maximum Gasteiger partial charge on any atom is 0.387 e. The van der Waals surface area contributed by atoms with Crippen molar-refractivity contribution in [2.75, 3.05) is 5.32 Å². The van der Waals surface area contributed by atoms with E-state index in [1.807, 2.05) is 23.0 Å². The van der Waals surface area contributed by atoms with E-state index in [-0.39, 0.29) is 5.75 Å². The standard InChI is InChI=1S/C25H25F2N5O2/c26-25(27)34-22-11-8-19(9-12-22)10-13-24-30-21(18-33-24)17-28-23-7-2-1-5-20(23)6-3-4-15-32-16-14-29-31-32/h1-2,5,7-14,16,18,25,28H,3-4,6,15,17H2. The normalized spacial score (nSPS) is 11.4. The van der Waals surface area contributed by atoms with Gasteiger partial charge in [-0.15, -0.1) is 5.10 Å². The molecule has 2 aromatic heterocycles. The minimum Gasteiger partial charge on any atom is -0.445 e. The van der Waals surface area contributed by atoms with Crippen molar-refractivity contribution in [2.45, 2.75) is 39.0 Å². The van der Waals surface area contributed by atoms with Gasteiger partial charge in [0.1, 0.15) is 12.0 Å². The molecule has 9 heteroatoms. The number of anilines is 1. The summed E-state index contributed by atoms with van der Waals surface area (Å²) < 4.78 is 36.2. The van der Waals surface area contributed by atoms with Crippen LogP contribution in [-0.4, -0.2) is 26.6 Å². The Kier molecular flexibility index (Phi) is 7.99. The average Bonchev–Trinajstić information content (AvgIpc) is 3.52. The Balaban J connectivity index is 1.27. The van der Waals surface area contributed by atoms with Gasteiger partial charge in [0.05, 0.1) is 18.4 Å². The van der Waals surface area contributed by atoms with Gasteiger partial charge in [0.25, 0.3) is 0 Å². The van der Waals surface area contributed by atoms with Crippen LogP contribution in [0.3, 0.4) is 0 Å². The zero-order valence-corrected chi connectivity index (χ0v) is 18.5. The van der Waals surface area contributed by atoms with E-state index in [4.69, 9.17) is 4.42 Å². The fourth-order valence-corrected chi connectivity index (χ4v) is 3.45. The molecule has 0 spiro atoms. The van der Waals surface area contributed by atoms with Crippen molar-refractivity contribution in [1.29, 1.82) is 0 Å². The minimum atomic E-state index is -2.84. The van der Waals surface area contributed by atoms with Crippen LogP contribution in [0.2, 0.25) is 0 Å². The predicted molar refractivity (Wildman–Crippen MR) is 125 cm³/mol. The van der Waals surface area contributed by atoms with Gasteiger partial charge < -0.3 is 14.5 Å². The lowest BCUT2D eigenvalue weighted by atomic mass is 10.1. The third kappa shape index (κ3) is 6.99. The Labute approximate surface area is 196 Å². The first-order valence-corrected chi connectivity index (χ1v) is 11.0. The highest BCUT2D eigenvalue weighted by Crippen LogP contribution is 2.20. The number of halogens is 2. The molecule has 0 amide bonds. The van der Waals surface area contributed by atoms with Gasteiger partial charge in [-0.3, -0.25) is 4.68 Å². The van der Waals surface area contributed by atoms with E-state index in [1.54, 1.807) is 36.7 Å². The molecule has 0 aliphatic carbocycles. The van der Waals surface area contributed by atoms with Gasteiger partial charge in [0.15, 0.2) is 0 Å². The van der Waals surface area contributed by atoms with Gasteiger partial charge >= 0.3 is 6.61 Å². The first kappa shape index (κ1) is 23.2. The number of benzene rings is 2. The molecule has 0 aliphatic heterocycles. The lowest BCUT2D eigenvalue weighted by molar-refractivity contribution is -0.0498. The molecule has 4 aromatic rings. The van der Waals surface area contributed by atoms with Crippen LogP contribution in [0.1, 0.15) is 35.6 Å². The van der Waals surface area contributed by atoms with Crippen molar-refractivity contribution in [3.63, 3.8) is 0 Å².